The Labute approximate surface area is 69.7 Å². The molecular weight excluding hydrogens is 190 g/mol. The van der Waals surface area contributed by atoms with Crippen molar-refractivity contribution in [3.63, 3.8) is 0 Å². The molecule has 0 unspecified atom stereocenters. The number of aliphatic hydroxyl groups is 3. The molecule has 0 fully saturated rings. The summed E-state index contributed by atoms with van der Waals surface area (Å²) in [5.41, 5.74) is 0. The van der Waals surface area contributed by atoms with Gasteiger partial charge >= 0.3 is 15.1 Å². The Hall–Kier alpha value is -0.103. The summed E-state index contributed by atoms with van der Waals surface area (Å²) in [5, 5.41) is 24.4. The summed E-state index contributed by atoms with van der Waals surface area (Å²) in [6.45, 7) is 0. The van der Waals surface area contributed by atoms with E-state index in [4.69, 9.17) is 34.5 Å². The Balaban J connectivity index is 0. The predicted molar refractivity (Wildman–Crippen MR) is 37.7 cm³/mol. The molecule has 0 rings (SSSR count). The first-order valence-corrected chi connectivity index (χ1v) is 4.47. The Morgan fingerprint density at radius 3 is 1.00 bits per heavy atom. The van der Waals surface area contributed by atoms with Gasteiger partial charge in [0.1, 0.15) is 0 Å². The minimum absolute atomic E-state index is 0.854. The second-order valence-corrected chi connectivity index (χ2v) is 3.29. The van der Waals surface area contributed by atoms with Gasteiger partial charge in [-0.05, 0) is 14.1 Å². The number of hydrogen-bond donors (Lipinski definition) is 7. The molecule has 0 heterocycles. The first-order chi connectivity index (χ1) is 4.94. The summed E-state index contributed by atoms with van der Waals surface area (Å²) in [5.74, 6) is 0. The van der Waals surface area contributed by atoms with Gasteiger partial charge in [-0.1, -0.05) is 0 Å². The van der Waals surface area contributed by atoms with Crippen LogP contribution < -0.4 is 0 Å². The molecule has 0 aliphatic carbocycles. The molecule has 0 aromatic carbocycles. The highest BCUT2D eigenvalue weighted by atomic mass is 28.4. The van der Waals surface area contributed by atoms with E-state index >= 15 is 0 Å². The summed E-state index contributed by atoms with van der Waals surface area (Å²) >= 11 is 0. The van der Waals surface area contributed by atoms with Crippen molar-refractivity contribution in [2.24, 2.45) is 0 Å². The highest BCUT2D eigenvalue weighted by Gasteiger charge is 2.22. The fourth-order valence-corrected chi connectivity index (χ4v) is 0. The Morgan fingerprint density at radius 2 is 1.00 bits per heavy atom. The molecule has 7 N–H and O–H groups in total. The van der Waals surface area contributed by atoms with Crippen LogP contribution in [0.5, 0.6) is 0 Å². The smallest absolute Gasteiger partial charge is 0.368 e. The predicted octanol–water partition coefficient (Wildman–Crippen LogP) is -4.47. The average molecular weight is 203 g/mol. The molecular formula is C3H13NO7Si. The van der Waals surface area contributed by atoms with E-state index in [0.29, 0.717) is 0 Å². The lowest BCUT2D eigenvalue weighted by Gasteiger charge is -2.20. The van der Waals surface area contributed by atoms with Crippen molar-refractivity contribution in [3.8, 4) is 0 Å². The fraction of sp³-hybridized carbons (Fsp3) is 1.00. The van der Waals surface area contributed by atoms with Crippen molar-refractivity contribution in [1.82, 2.24) is 4.90 Å². The minimum atomic E-state index is -4.61. The molecule has 0 bridgehead atoms. The average Bonchev–Trinajstić information content (AvgIpc) is 1.55. The van der Waals surface area contributed by atoms with Crippen molar-refractivity contribution in [2.75, 3.05) is 14.1 Å². The third-order valence-corrected chi connectivity index (χ3v) is 0.600. The molecule has 0 saturated heterocycles. The summed E-state index contributed by atoms with van der Waals surface area (Å²) in [7, 11) is -1.94. The number of nitrogens with zero attached hydrogens (tertiary/aromatic N) is 1. The lowest BCUT2D eigenvalue weighted by atomic mass is 10.8. The molecule has 8 nitrogen and oxygen atoms in total. The second kappa shape index (κ2) is 4.81. The van der Waals surface area contributed by atoms with Gasteiger partial charge in [-0.2, -0.15) is 0 Å². The van der Waals surface area contributed by atoms with Gasteiger partial charge in [0.25, 0.3) is 0 Å². The van der Waals surface area contributed by atoms with Crippen LogP contribution in [0.1, 0.15) is 0 Å². The van der Waals surface area contributed by atoms with E-state index in [1.807, 2.05) is 0 Å². The molecule has 0 amide bonds. The third-order valence-electron chi connectivity index (χ3n) is 0.600. The molecule has 12 heavy (non-hydrogen) atoms. The van der Waals surface area contributed by atoms with Crippen LogP contribution in [0, 0.1) is 0 Å². The van der Waals surface area contributed by atoms with Crippen LogP contribution in [0.25, 0.3) is 0 Å². The SMILES string of the molecule is CN(C)C(O)(O)O.O[Si](O)(O)O. The lowest BCUT2D eigenvalue weighted by molar-refractivity contribution is -0.382. The van der Waals surface area contributed by atoms with Gasteiger partial charge in [0, 0.05) is 0 Å². The molecule has 0 radical (unpaired) electrons. The maximum Gasteiger partial charge on any atom is 0.668 e. The highest BCUT2D eigenvalue weighted by molar-refractivity contribution is 6.46. The maximum absolute atomic E-state index is 8.13. The summed E-state index contributed by atoms with van der Waals surface area (Å²) in [6.07, 6.45) is -2.67. The molecule has 0 spiro atoms. The molecule has 0 aromatic heterocycles. The third kappa shape index (κ3) is 22.5. The zero-order valence-electron chi connectivity index (χ0n) is 6.58. The maximum atomic E-state index is 8.13. The van der Waals surface area contributed by atoms with Crippen molar-refractivity contribution in [2.45, 2.75) is 6.10 Å². The van der Waals surface area contributed by atoms with Gasteiger partial charge in [-0.25, -0.2) is 4.90 Å². The topological polar surface area (TPSA) is 145 Å². The zero-order chi connectivity index (χ0) is 10.6. The first kappa shape index (κ1) is 14.4. The van der Waals surface area contributed by atoms with E-state index in [-0.39, 0.29) is 0 Å². The van der Waals surface area contributed by atoms with Gasteiger partial charge in [-0.15, -0.1) is 0 Å². The monoisotopic (exact) mass is 203 g/mol. The quantitative estimate of drug-likeness (QED) is 0.167. The molecule has 0 aliphatic rings. The van der Waals surface area contributed by atoms with Crippen molar-refractivity contribution < 1.29 is 34.5 Å². The van der Waals surface area contributed by atoms with Crippen LogP contribution in [0.4, 0.5) is 0 Å². The molecule has 0 saturated carbocycles. The molecule has 0 aromatic rings. The van der Waals surface area contributed by atoms with Crippen LogP contribution in [-0.2, 0) is 0 Å². The van der Waals surface area contributed by atoms with Crippen LogP contribution in [0.15, 0.2) is 0 Å². The first-order valence-electron chi connectivity index (χ1n) is 2.68. The van der Waals surface area contributed by atoms with Gasteiger partial charge in [0.05, 0.1) is 0 Å². The standard InChI is InChI=1S/C3H9NO3.H4O4Si/c1-4(2)3(5,6)7;1-5(2,3)4/h5-7H,1-2H3;1-4H. The minimum Gasteiger partial charge on any atom is -0.368 e. The van der Waals surface area contributed by atoms with Crippen molar-refractivity contribution >= 4 is 9.05 Å². The van der Waals surface area contributed by atoms with E-state index in [1.165, 1.54) is 14.1 Å². The molecule has 9 heteroatoms. The van der Waals surface area contributed by atoms with Gasteiger partial charge in [-0.3, -0.25) is 0 Å². The van der Waals surface area contributed by atoms with Crippen molar-refractivity contribution in [3.05, 3.63) is 0 Å². The van der Waals surface area contributed by atoms with E-state index in [9.17, 15) is 0 Å². The van der Waals surface area contributed by atoms with E-state index in [2.05, 4.69) is 0 Å². The van der Waals surface area contributed by atoms with E-state index < -0.39 is 15.1 Å². The zero-order valence-corrected chi connectivity index (χ0v) is 7.58. The molecule has 0 aliphatic heterocycles. The van der Waals surface area contributed by atoms with Crippen molar-refractivity contribution in [1.29, 1.82) is 0 Å². The van der Waals surface area contributed by atoms with Gasteiger partial charge < -0.3 is 34.5 Å². The van der Waals surface area contributed by atoms with Crippen LogP contribution in [0.3, 0.4) is 0 Å². The summed E-state index contributed by atoms with van der Waals surface area (Å²) in [6, 6.07) is 0. The van der Waals surface area contributed by atoms with Crippen LogP contribution in [0.2, 0.25) is 0 Å². The van der Waals surface area contributed by atoms with E-state index in [1.54, 1.807) is 0 Å². The largest absolute Gasteiger partial charge is 0.668 e. The Morgan fingerprint density at radius 1 is 0.917 bits per heavy atom. The van der Waals surface area contributed by atoms with Gasteiger partial charge in [0.2, 0.25) is 0 Å². The normalized spacial score (nSPS) is 12.5. The molecule has 0 atom stereocenters. The van der Waals surface area contributed by atoms with Gasteiger partial charge in [0.15, 0.2) is 0 Å². The van der Waals surface area contributed by atoms with Crippen LogP contribution >= 0.6 is 0 Å². The second-order valence-electron chi connectivity index (χ2n) is 2.09. The number of rotatable bonds is 1. The van der Waals surface area contributed by atoms with E-state index in [0.717, 1.165) is 4.90 Å². The fourth-order valence-electron chi connectivity index (χ4n) is 0. The Bertz CT molecular complexity index is 109. The van der Waals surface area contributed by atoms with Crippen LogP contribution in [-0.4, -0.2) is 68.6 Å². The highest BCUT2D eigenvalue weighted by Crippen LogP contribution is 1.92. The number of hydrogen-bond acceptors (Lipinski definition) is 8. The lowest BCUT2D eigenvalue weighted by Crippen LogP contribution is -2.43. The molecule has 76 valence electrons. The summed E-state index contributed by atoms with van der Waals surface area (Å²) < 4.78 is 0. The summed E-state index contributed by atoms with van der Waals surface area (Å²) in [4.78, 5) is 30.2. The Kier molecular flexibility index (Phi) is 5.78.